The number of pyridine rings is 1. The summed E-state index contributed by atoms with van der Waals surface area (Å²) >= 11 is 12.0. The molecule has 0 fully saturated rings. The summed E-state index contributed by atoms with van der Waals surface area (Å²) in [5.41, 5.74) is 2.63. The second-order valence-corrected chi connectivity index (χ2v) is 6.94. The van der Waals surface area contributed by atoms with Crippen LogP contribution >= 0.6 is 23.2 Å². The lowest BCUT2D eigenvalue weighted by atomic mass is 10.2. The van der Waals surface area contributed by atoms with Gasteiger partial charge in [-0.3, -0.25) is 4.79 Å². The molecule has 0 saturated carbocycles. The largest absolute Gasteiger partial charge is 0.487 e. The number of rotatable bonds is 5. The second-order valence-electron chi connectivity index (χ2n) is 6.09. The Labute approximate surface area is 171 Å². The quantitative estimate of drug-likeness (QED) is 0.473. The molecule has 2 aromatic heterocycles. The number of imidazole rings is 1. The maximum Gasteiger partial charge on any atom is 0.257 e. The lowest BCUT2D eigenvalue weighted by molar-refractivity contribution is 0.102. The number of hydrogen-bond acceptors (Lipinski definition) is 3. The van der Waals surface area contributed by atoms with Crippen molar-refractivity contribution in [2.24, 2.45) is 0 Å². The van der Waals surface area contributed by atoms with Crippen LogP contribution in [0.15, 0.2) is 73.1 Å². The number of anilines is 1. The van der Waals surface area contributed by atoms with Gasteiger partial charge in [-0.2, -0.15) is 0 Å². The zero-order valence-electron chi connectivity index (χ0n) is 14.6. The van der Waals surface area contributed by atoms with E-state index in [0.717, 1.165) is 11.3 Å². The highest BCUT2D eigenvalue weighted by Crippen LogP contribution is 2.23. The third-order valence-electron chi connectivity index (χ3n) is 4.07. The van der Waals surface area contributed by atoms with Crippen LogP contribution in [0.3, 0.4) is 0 Å². The van der Waals surface area contributed by atoms with Gasteiger partial charge in [0.2, 0.25) is 0 Å². The third-order valence-corrected chi connectivity index (χ3v) is 4.62. The molecule has 0 unspecified atom stereocenters. The minimum atomic E-state index is -0.320. The van der Waals surface area contributed by atoms with Crippen LogP contribution in [-0.4, -0.2) is 15.3 Å². The van der Waals surface area contributed by atoms with E-state index in [1.165, 1.54) is 6.07 Å². The topological polar surface area (TPSA) is 55.6 Å². The number of amides is 1. The van der Waals surface area contributed by atoms with Crippen LogP contribution in [0.5, 0.6) is 5.75 Å². The first-order chi connectivity index (χ1) is 13.6. The monoisotopic (exact) mass is 411 g/mol. The fourth-order valence-corrected chi connectivity index (χ4v) is 3.24. The molecule has 2 heterocycles. The van der Waals surface area contributed by atoms with E-state index in [1.54, 1.807) is 30.3 Å². The molecule has 0 radical (unpaired) electrons. The number of carbonyl (C=O) groups is 1. The van der Waals surface area contributed by atoms with E-state index in [1.807, 2.05) is 41.1 Å². The molecule has 0 aliphatic carbocycles. The van der Waals surface area contributed by atoms with Gasteiger partial charge in [0.05, 0.1) is 16.3 Å². The summed E-state index contributed by atoms with van der Waals surface area (Å²) in [6, 6.07) is 17.7. The third kappa shape index (κ3) is 4.11. The van der Waals surface area contributed by atoms with Crippen molar-refractivity contribution in [1.29, 1.82) is 0 Å². The molecule has 4 aromatic rings. The van der Waals surface area contributed by atoms with Gasteiger partial charge in [0, 0.05) is 29.2 Å². The maximum atomic E-state index is 12.4. The number of carbonyl (C=O) groups excluding carboxylic acids is 1. The first-order valence-corrected chi connectivity index (χ1v) is 9.26. The van der Waals surface area contributed by atoms with Crippen LogP contribution in [0.4, 0.5) is 5.69 Å². The highest BCUT2D eigenvalue weighted by atomic mass is 35.5. The number of ether oxygens (including phenoxy) is 1. The van der Waals surface area contributed by atoms with Crippen LogP contribution in [-0.2, 0) is 6.61 Å². The van der Waals surface area contributed by atoms with Crippen molar-refractivity contribution in [3.05, 3.63) is 94.4 Å². The number of benzene rings is 2. The van der Waals surface area contributed by atoms with E-state index in [0.29, 0.717) is 33.7 Å². The van der Waals surface area contributed by atoms with E-state index < -0.39 is 0 Å². The van der Waals surface area contributed by atoms with Crippen LogP contribution in [0, 0.1) is 0 Å². The van der Waals surface area contributed by atoms with Gasteiger partial charge in [0.1, 0.15) is 18.0 Å². The summed E-state index contributed by atoms with van der Waals surface area (Å²) in [4.78, 5) is 16.9. The van der Waals surface area contributed by atoms with Gasteiger partial charge in [-0.1, -0.05) is 35.3 Å². The fourth-order valence-electron chi connectivity index (χ4n) is 2.75. The number of nitrogens with one attached hydrogen (secondary N) is 1. The van der Waals surface area contributed by atoms with Crippen LogP contribution in [0.25, 0.3) is 5.65 Å². The standard InChI is InChI=1S/C21H15Cl2N3O2/c22-14-7-8-18(19(23)10-14)21(27)25-15-4-3-5-17(11-15)28-13-16-12-26-9-2-1-6-20(26)24-16/h1-12H,13H2,(H,25,27). The molecular weight excluding hydrogens is 397 g/mol. The van der Waals surface area contributed by atoms with Gasteiger partial charge < -0.3 is 14.5 Å². The van der Waals surface area contributed by atoms with E-state index in [-0.39, 0.29) is 5.91 Å². The summed E-state index contributed by atoms with van der Waals surface area (Å²) in [5.74, 6) is 0.302. The molecule has 1 amide bonds. The summed E-state index contributed by atoms with van der Waals surface area (Å²) < 4.78 is 7.75. The lowest BCUT2D eigenvalue weighted by Gasteiger charge is -2.09. The predicted molar refractivity (Wildman–Crippen MR) is 110 cm³/mol. The zero-order chi connectivity index (χ0) is 19.5. The normalized spacial score (nSPS) is 10.8. The Bertz CT molecular complexity index is 1120. The highest BCUT2D eigenvalue weighted by molar-refractivity contribution is 6.37. The van der Waals surface area contributed by atoms with E-state index in [9.17, 15) is 4.79 Å². The smallest absolute Gasteiger partial charge is 0.257 e. The highest BCUT2D eigenvalue weighted by Gasteiger charge is 2.11. The Morgan fingerprint density at radius 2 is 1.96 bits per heavy atom. The van der Waals surface area contributed by atoms with Crippen LogP contribution in [0.2, 0.25) is 10.0 Å². The molecule has 0 atom stereocenters. The Hall–Kier alpha value is -3.02. The SMILES string of the molecule is O=C(Nc1cccc(OCc2cn3ccccc3n2)c1)c1ccc(Cl)cc1Cl. The van der Waals surface area contributed by atoms with Gasteiger partial charge in [-0.15, -0.1) is 0 Å². The average Bonchev–Trinajstić information content (AvgIpc) is 3.09. The molecule has 1 N–H and O–H groups in total. The summed E-state index contributed by atoms with van der Waals surface area (Å²) in [6.45, 7) is 0.322. The Kier molecular flexibility index (Phi) is 5.19. The van der Waals surface area contributed by atoms with Crippen molar-refractivity contribution in [2.75, 3.05) is 5.32 Å². The molecule has 4 rings (SSSR count). The van der Waals surface area contributed by atoms with Gasteiger partial charge in [-0.05, 0) is 42.5 Å². The molecule has 0 aliphatic rings. The van der Waals surface area contributed by atoms with Crippen LogP contribution < -0.4 is 10.1 Å². The van der Waals surface area contributed by atoms with Crippen molar-refractivity contribution < 1.29 is 9.53 Å². The lowest BCUT2D eigenvalue weighted by Crippen LogP contribution is -2.12. The van der Waals surface area contributed by atoms with Crippen molar-refractivity contribution in [3.8, 4) is 5.75 Å². The second kappa shape index (κ2) is 7.92. The van der Waals surface area contributed by atoms with E-state index >= 15 is 0 Å². The van der Waals surface area contributed by atoms with E-state index in [2.05, 4.69) is 10.3 Å². The van der Waals surface area contributed by atoms with Crippen LogP contribution in [0.1, 0.15) is 16.1 Å². The molecule has 2 aromatic carbocycles. The fraction of sp³-hybridized carbons (Fsp3) is 0.0476. The van der Waals surface area contributed by atoms with Crippen molar-refractivity contribution >= 4 is 40.4 Å². The molecule has 5 nitrogen and oxygen atoms in total. The molecule has 28 heavy (non-hydrogen) atoms. The molecule has 0 aliphatic heterocycles. The minimum absolute atomic E-state index is 0.296. The first kappa shape index (κ1) is 18.3. The molecule has 140 valence electrons. The Morgan fingerprint density at radius 3 is 2.79 bits per heavy atom. The average molecular weight is 412 g/mol. The molecule has 0 spiro atoms. The van der Waals surface area contributed by atoms with Gasteiger partial charge >= 0.3 is 0 Å². The van der Waals surface area contributed by atoms with Gasteiger partial charge in [-0.25, -0.2) is 4.98 Å². The molecule has 7 heteroatoms. The van der Waals surface area contributed by atoms with Crippen molar-refractivity contribution in [1.82, 2.24) is 9.38 Å². The number of nitrogens with zero attached hydrogens (tertiary/aromatic N) is 2. The Balaban J connectivity index is 1.44. The summed E-state index contributed by atoms with van der Waals surface area (Å²) in [7, 11) is 0. The molecular formula is C21H15Cl2N3O2. The number of aromatic nitrogens is 2. The zero-order valence-corrected chi connectivity index (χ0v) is 16.1. The Morgan fingerprint density at radius 1 is 1.07 bits per heavy atom. The van der Waals surface area contributed by atoms with E-state index in [4.69, 9.17) is 27.9 Å². The number of halogens is 2. The minimum Gasteiger partial charge on any atom is -0.487 e. The summed E-state index contributed by atoms with van der Waals surface area (Å²) in [6.07, 6.45) is 3.85. The van der Waals surface area contributed by atoms with Gasteiger partial charge in [0.15, 0.2) is 0 Å². The molecule has 0 bridgehead atoms. The first-order valence-electron chi connectivity index (χ1n) is 8.50. The molecule has 0 saturated heterocycles. The maximum absolute atomic E-state index is 12.4. The number of fused-ring (bicyclic) bond motifs is 1. The number of hydrogen-bond donors (Lipinski definition) is 1. The summed E-state index contributed by atoms with van der Waals surface area (Å²) in [5, 5.41) is 3.58. The predicted octanol–water partition coefficient (Wildman–Crippen LogP) is 5.47. The van der Waals surface area contributed by atoms with Crippen molar-refractivity contribution in [2.45, 2.75) is 6.61 Å². The van der Waals surface area contributed by atoms with Crippen molar-refractivity contribution in [3.63, 3.8) is 0 Å². The van der Waals surface area contributed by atoms with Gasteiger partial charge in [0.25, 0.3) is 5.91 Å².